The molecule has 0 atom stereocenters. The second kappa shape index (κ2) is 5.40. The van der Waals surface area contributed by atoms with Crippen LogP contribution in [0.4, 0.5) is 5.00 Å². The van der Waals surface area contributed by atoms with Gasteiger partial charge in [0.05, 0.1) is 0 Å². The van der Waals surface area contributed by atoms with Crippen molar-refractivity contribution >= 4 is 48.9 Å². The number of anilines is 1. The summed E-state index contributed by atoms with van der Waals surface area (Å²) in [5, 5.41) is 4.91. The van der Waals surface area contributed by atoms with E-state index in [0.29, 0.717) is 6.54 Å². The highest BCUT2D eigenvalue weighted by atomic mass is 35.5. The summed E-state index contributed by atoms with van der Waals surface area (Å²) >= 11 is 11.7. The number of nitrogens with one attached hydrogen (secondary N) is 1. The van der Waals surface area contributed by atoms with Crippen LogP contribution in [0.2, 0.25) is 10.0 Å². The van der Waals surface area contributed by atoms with Gasteiger partial charge in [-0.25, -0.2) is 0 Å². The van der Waals surface area contributed by atoms with E-state index >= 15 is 0 Å². The van der Waals surface area contributed by atoms with Crippen molar-refractivity contribution in [1.82, 2.24) is 0 Å². The van der Waals surface area contributed by atoms with Crippen LogP contribution in [0, 0.1) is 6.92 Å². The van der Waals surface area contributed by atoms with Crippen molar-refractivity contribution < 1.29 is 0 Å². The van der Waals surface area contributed by atoms with Crippen molar-refractivity contribution in [2.24, 2.45) is 0 Å². The van der Waals surface area contributed by atoms with Gasteiger partial charge in [0.15, 0.2) is 0 Å². The van der Waals surface area contributed by atoms with Crippen molar-refractivity contribution in [3.63, 3.8) is 0 Å². The van der Waals surface area contributed by atoms with Gasteiger partial charge in [-0.3, -0.25) is 4.79 Å². The Balaban J connectivity index is 2.12. The molecular weight excluding hydrogens is 297 g/mol. The Kier molecular flexibility index (Phi) is 4.09. The highest BCUT2D eigenvalue weighted by Crippen LogP contribution is 2.28. The van der Waals surface area contributed by atoms with Crippen molar-refractivity contribution in [3.8, 4) is 0 Å². The first-order valence-electron chi connectivity index (χ1n) is 4.85. The molecule has 6 heteroatoms. The molecule has 17 heavy (non-hydrogen) atoms. The highest BCUT2D eigenvalue weighted by Gasteiger charge is 2.08. The van der Waals surface area contributed by atoms with E-state index in [1.165, 1.54) is 10.3 Å². The molecule has 0 spiro atoms. The van der Waals surface area contributed by atoms with Gasteiger partial charge in [-0.1, -0.05) is 39.6 Å². The molecule has 2 rings (SSSR count). The zero-order valence-electron chi connectivity index (χ0n) is 8.92. The molecule has 0 fully saturated rings. The lowest BCUT2D eigenvalue weighted by Gasteiger charge is -2.07. The van der Waals surface area contributed by atoms with Crippen molar-refractivity contribution in [3.05, 3.63) is 48.9 Å². The van der Waals surface area contributed by atoms with E-state index in [1.54, 1.807) is 0 Å². The second-order valence-electron chi connectivity index (χ2n) is 3.52. The lowest BCUT2D eigenvalue weighted by molar-refractivity contribution is 1.13. The summed E-state index contributed by atoms with van der Waals surface area (Å²) in [6, 6.07) is 5.73. The van der Waals surface area contributed by atoms with Crippen LogP contribution in [0.5, 0.6) is 0 Å². The molecule has 0 aliphatic carbocycles. The second-order valence-corrected chi connectivity index (χ2v) is 6.45. The van der Waals surface area contributed by atoms with Gasteiger partial charge in [0, 0.05) is 11.6 Å². The average Bonchev–Trinajstić information content (AvgIpc) is 2.59. The Labute approximate surface area is 116 Å². The van der Waals surface area contributed by atoms with Gasteiger partial charge in [0.25, 0.3) is 4.74 Å². The fourth-order valence-electron chi connectivity index (χ4n) is 1.39. The van der Waals surface area contributed by atoms with Crippen molar-refractivity contribution in [2.45, 2.75) is 13.5 Å². The minimum absolute atomic E-state index is 0.0907. The predicted octanol–water partition coefficient (Wildman–Crippen LogP) is 4.40. The molecule has 2 nitrogen and oxygen atoms in total. The van der Waals surface area contributed by atoms with Gasteiger partial charge in [0.2, 0.25) is 0 Å². The third kappa shape index (κ3) is 3.01. The molecule has 0 radical (unpaired) electrons. The van der Waals surface area contributed by atoms with E-state index in [-0.39, 0.29) is 9.77 Å². The maximum absolute atomic E-state index is 11.2. The zero-order chi connectivity index (χ0) is 12.4. The quantitative estimate of drug-likeness (QED) is 0.852. The zero-order valence-corrected chi connectivity index (χ0v) is 12.1. The molecular formula is C11H9Cl2NOS2. The monoisotopic (exact) mass is 305 g/mol. The standard InChI is InChI=1S/C11H9Cl2NOS2/c1-6-4-8(12)3-2-7(6)5-14-10-9(13)11(15)17-16-10/h2-4,14H,5H2,1H3. The molecule has 1 aromatic carbocycles. The number of rotatable bonds is 3. The third-order valence-corrected chi connectivity index (χ3v) is 5.30. The number of aryl methyl sites for hydroxylation is 1. The molecule has 0 aliphatic heterocycles. The van der Waals surface area contributed by atoms with Gasteiger partial charge in [0.1, 0.15) is 10.0 Å². The Hall–Kier alpha value is -0.550. The Bertz CT molecular complexity index is 591. The normalized spacial score (nSPS) is 10.5. The Morgan fingerprint density at radius 3 is 2.65 bits per heavy atom. The number of benzene rings is 1. The van der Waals surface area contributed by atoms with Crippen LogP contribution in [0.1, 0.15) is 11.1 Å². The molecule has 0 aliphatic rings. The molecule has 0 amide bonds. The predicted molar refractivity (Wildman–Crippen MR) is 77.0 cm³/mol. The van der Waals surface area contributed by atoms with Crippen LogP contribution in [-0.4, -0.2) is 0 Å². The SMILES string of the molecule is Cc1cc(Cl)ccc1CNc1ssc(=O)c1Cl. The Morgan fingerprint density at radius 2 is 2.06 bits per heavy atom. The average molecular weight is 306 g/mol. The largest absolute Gasteiger partial charge is 0.371 e. The fraction of sp³-hybridized carbons (Fsp3) is 0.182. The molecule has 90 valence electrons. The van der Waals surface area contributed by atoms with Crippen LogP contribution in [0.25, 0.3) is 0 Å². The summed E-state index contributed by atoms with van der Waals surface area (Å²) in [6.45, 7) is 2.63. The van der Waals surface area contributed by atoms with Crippen LogP contribution >= 0.6 is 43.9 Å². The summed E-state index contributed by atoms with van der Waals surface area (Å²) in [4.78, 5) is 11.2. The first kappa shape index (κ1) is 12.9. The maximum Gasteiger partial charge on any atom is 0.263 e. The lowest BCUT2D eigenvalue weighted by Crippen LogP contribution is -2.01. The van der Waals surface area contributed by atoms with E-state index in [0.717, 1.165) is 31.5 Å². The molecule has 1 aromatic heterocycles. The first-order valence-corrected chi connectivity index (χ1v) is 7.76. The van der Waals surface area contributed by atoms with E-state index in [1.807, 2.05) is 25.1 Å². The van der Waals surface area contributed by atoms with Gasteiger partial charge in [-0.15, -0.1) is 0 Å². The molecule has 1 N–H and O–H groups in total. The number of hydrogen-bond donors (Lipinski definition) is 1. The van der Waals surface area contributed by atoms with Gasteiger partial charge in [-0.2, -0.15) is 0 Å². The molecule has 1 heterocycles. The topological polar surface area (TPSA) is 29.1 Å². The summed E-state index contributed by atoms with van der Waals surface area (Å²) in [7, 11) is 2.51. The summed E-state index contributed by atoms with van der Waals surface area (Å²) in [5.41, 5.74) is 2.25. The highest BCUT2D eigenvalue weighted by molar-refractivity contribution is 7.70. The summed E-state index contributed by atoms with van der Waals surface area (Å²) in [5.74, 6) is 0. The molecule has 0 bridgehead atoms. The van der Waals surface area contributed by atoms with Gasteiger partial charge in [-0.05, 0) is 40.5 Å². The van der Waals surface area contributed by atoms with Crippen LogP contribution in [0.3, 0.4) is 0 Å². The van der Waals surface area contributed by atoms with E-state index in [9.17, 15) is 4.79 Å². The molecule has 0 saturated heterocycles. The van der Waals surface area contributed by atoms with Crippen LogP contribution < -0.4 is 10.1 Å². The van der Waals surface area contributed by atoms with E-state index < -0.39 is 0 Å². The van der Waals surface area contributed by atoms with Gasteiger partial charge < -0.3 is 5.32 Å². The summed E-state index contributed by atoms with van der Waals surface area (Å²) < 4.78 is -0.0907. The van der Waals surface area contributed by atoms with Crippen LogP contribution in [-0.2, 0) is 6.54 Å². The van der Waals surface area contributed by atoms with Crippen molar-refractivity contribution in [1.29, 1.82) is 0 Å². The molecule has 0 saturated carbocycles. The molecule has 0 unspecified atom stereocenters. The number of halogens is 2. The van der Waals surface area contributed by atoms with E-state index in [2.05, 4.69) is 5.32 Å². The Morgan fingerprint density at radius 1 is 1.29 bits per heavy atom. The molecule has 2 aromatic rings. The van der Waals surface area contributed by atoms with Gasteiger partial charge >= 0.3 is 0 Å². The van der Waals surface area contributed by atoms with Crippen molar-refractivity contribution in [2.75, 3.05) is 5.32 Å². The summed E-state index contributed by atoms with van der Waals surface area (Å²) in [6.07, 6.45) is 0. The fourth-order valence-corrected chi connectivity index (χ4v) is 4.03. The smallest absolute Gasteiger partial charge is 0.263 e. The van der Waals surface area contributed by atoms with Crippen LogP contribution in [0.15, 0.2) is 23.0 Å². The lowest BCUT2D eigenvalue weighted by atomic mass is 10.1. The third-order valence-electron chi connectivity index (χ3n) is 2.32. The minimum Gasteiger partial charge on any atom is -0.371 e. The maximum atomic E-state index is 11.2. The minimum atomic E-state index is -0.0907. The number of hydrogen-bond acceptors (Lipinski definition) is 4. The first-order chi connectivity index (χ1) is 8.08. The van der Waals surface area contributed by atoms with E-state index in [4.69, 9.17) is 23.2 Å².